The van der Waals surface area contributed by atoms with E-state index in [1.165, 1.54) is 23.0 Å². The highest BCUT2D eigenvalue weighted by atomic mass is 19.1. The molecule has 2 aromatic heterocycles. The number of halogens is 1. The Labute approximate surface area is 183 Å². The fourth-order valence-corrected chi connectivity index (χ4v) is 4.30. The zero-order valence-corrected chi connectivity index (χ0v) is 17.5. The number of aromatic nitrogens is 4. The molecule has 0 spiro atoms. The van der Waals surface area contributed by atoms with E-state index in [9.17, 15) is 18.8 Å². The highest BCUT2D eigenvalue weighted by Gasteiger charge is 2.37. The summed E-state index contributed by atoms with van der Waals surface area (Å²) >= 11 is 0. The number of nitrogens with one attached hydrogen (secondary N) is 2. The van der Waals surface area contributed by atoms with E-state index < -0.39 is 35.3 Å². The maximum absolute atomic E-state index is 14.8. The van der Waals surface area contributed by atoms with Crippen molar-refractivity contribution in [1.82, 2.24) is 20.0 Å². The van der Waals surface area contributed by atoms with Crippen molar-refractivity contribution in [2.24, 2.45) is 24.6 Å². The van der Waals surface area contributed by atoms with Crippen molar-refractivity contribution >= 4 is 23.3 Å². The van der Waals surface area contributed by atoms with Gasteiger partial charge in [-0.25, -0.2) is 4.39 Å². The number of ketones is 1. The molecule has 0 radical (unpaired) electrons. The fraction of sp³-hybridized carbons (Fsp3) is 0.318. The highest BCUT2D eigenvalue weighted by molar-refractivity contribution is 6.05. The van der Waals surface area contributed by atoms with E-state index >= 15 is 0 Å². The van der Waals surface area contributed by atoms with Crippen LogP contribution < -0.4 is 11.1 Å². The molecule has 2 atom stereocenters. The van der Waals surface area contributed by atoms with Gasteiger partial charge in [0.15, 0.2) is 5.78 Å². The molecule has 9 nitrogen and oxygen atoms in total. The molecule has 2 heterocycles. The van der Waals surface area contributed by atoms with Crippen LogP contribution in [0.1, 0.15) is 46.5 Å². The van der Waals surface area contributed by atoms with Crippen LogP contribution in [0.5, 0.6) is 0 Å². The summed E-state index contributed by atoms with van der Waals surface area (Å²) in [5.41, 5.74) is 6.80. The molecule has 1 saturated carbocycles. The summed E-state index contributed by atoms with van der Waals surface area (Å²) in [6.45, 7) is 0. The summed E-state index contributed by atoms with van der Waals surface area (Å²) in [5, 5.41) is 13.2. The van der Waals surface area contributed by atoms with Crippen molar-refractivity contribution in [3.05, 3.63) is 53.7 Å². The molecular formula is C22H23FN6O3. The number of aryl methyl sites for hydroxylation is 1. The van der Waals surface area contributed by atoms with Gasteiger partial charge in [0.25, 0.3) is 5.91 Å². The standard InChI is InChI=1S/C22H23FN6O3/c1-29-19(21(24)31)18(11-26-29)27-22(32)14-5-3-2-4-13(14)20(30)15-7-6-12(10-16(15)23)17-8-9-25-28-17/h6-11,13-14H,2-5H2,1H3,(H2,24,31)(H,25,28)(H,27,32)/t13-,14?/m1/s1. The van der Waals surface area contributed by atoms with Crippen molar-refractivity contribution in [2.75, 3.05) is 5.32 Å². The van der Waals surface area contributed by atoms with Crippen LogP contribution in [0.3, 0.4) is 0 Å². The second kappa shape index (κ2) is 8.74. The first-order chi connectivity index (χ1) is 15.4. The Morgan fingerprint density at radius 2 is 1.94 bits per heavy atom. The van der Waals surface area contributed by atoms with Crippen LogP contribution in [0, 0.1) is 17.7 Å². The zero-order chi connectivity index (χ0) is 22.8. The largest absolute Gasteiger partial charge is 0.364 e. The van der Waals surface area contributed by atoms with Gasteiger partial charge >= 0.3 is 0 Å². The number of hydrogen-bond acceptors (Lipinski definition) is 5. The Kier molecular flexibility index (Phi) is 5.85. The minimum Gasteiger partial charge on any atom is -0.364 e. The summed E-state index contributed by atoms with van der Waals surface area (Å²) < 4.78 is 16.1. The minimum atomic E-state index is -0.726. The number of Topliss-reactive ketones (excluding diaryl/α,β-unsaturated/α-hetero) is 1. The Morgan fingerprint density at radius 3 is 2.59 bits per heavy atom. The quantitative estimate of drug-likeness (QED) is 0.509. The van der Waals surface area contributed by atoms with Crippen LogP contribution in [-0.2, 0) is 11.8 Å². The Balaban J connectivity index is 1.56. The third-order valence-electron chi connectivity index (χ3n) is 5.92. The van der Waals surface area contributed by atoms with E-state index in [4.69, 9.17) is 5.73 Å². The monoisotopic (exact) mass is 438 g/mol. The van der Waals surface area contributed by atoms with E-state index in [0.717, 1.165) is 12.8 Å². The summed E-state index contributed by atoms with van der Waals surface area (Å²) in [7, 11) is 1.54. The normalized spacial score (nSPS) is 18.3. The molecule has 1 fully saturated rings. The van der Waals surface area contributed by atoms with Gasteiger partial charge in [0.2, 0.25) is 5.91 Å². The number of amides is 2. The Morgan fingerprint density at radius 1 is 1.19 bits per heavy atom. The van der Waals surface area contributed by atoms with E-state index in [1.54, 1.807) is 25.4 Å². The van der Waals surface area contributed by atoms with Crippen molar-refractivity contribution in [3.8, 4) is 11.3 Å². The first-order valence-electron chi connectivity index (χ1n) is 10.3. The number of carbonyl (C=O) groups excluding carboxylic acids is 3. The van der Waals surface area contributed by atoms with Crippen molar-refractivity contribution in [1.29, 1.82) is 0 Å². The molecule has 0 saturated heterocycles. The van der Waals surface area contributed by atoms with Gasteiger partial charge in [-0.05, 0) is 31.0 Å². The van der Waals surface area contributed by atoms with Crippen molar-refractivity contribution in [3.63, 3.8) is 0 Å². The first-order valence-corrected chi connectivity index (χ1v) is 10.3. The SMILES string of the molecule is Cn1ncc(NC(=O)C2CCCC[C@H]2C(=O)c2ccc(-c3ccn[nH]3)cc2F)c1C(N)=O. The van der Waals surface area contributed by atoms with Gasteiger partial charge in [-0.15, -0.1) is 0 Å². The van der Waals surface area contributed by atoms with Gasteiger partial charge in [-0.1, -0.05) is 18.9 Å². The molecule has 0 aliphatic heterocycles. The van der Waals surface area contributed by atoms with Crippen LogP contribution in [0.2, 0.25) is 0 Å². The van der Waals surface area contributed by atoms with Gasteiger partial charge in [0.1, 0.15) is 11.5 Å². The van der Waals surface area contributed by atoms with Gasteiger partial charge in [0.05, 0.1) is 23.1 Å². The summed E-state index contributed by atoms with van der Waals surface area (Å²) in [6, 6.07) is 6.09. The predicted molar refractivity (Wildman–Crippen MR) is 114 cm³/mol. The second-order valence-electron chi connectivity index (χ2n) is 7.91. The average Bonchev–Trinajstić information content (AvgIpc) is 3.43. The second-order valence-corrected chi connectivity index (χ2v) is 7.91. The number of nitrogens with zero attached hydrogens (tertiary/aromatic N) is 3. The number of carbonyl (C=O) groups is 3. The number of benzene rings is 1. The molecule has 166 valence electrons. The number of H-pyrrole nitrogens is 1. The lowest BCUT2D eigenvalue weighted by molar-refractivity contribution is -0.122. The van der Waals surface area contributed by atoms with E-state index in [0.29, 0.717) is 24.1 Å². The van der Waals surface area contributed by atoms with E-state index in [2.05, 4.69) is 20.6 Å². The number of nitrogens with two attached hydrogens (primary N) is 1. The summed E-state index contributed by atoms with van der Waals surface area (Å²) in [5.74, 6) is -3.49. The maximum atomic E-state index is 14.8. The fourth-order valence-electron chi connectivity index (χ4n) is 4.30. The van der Waals surface area contributed by atoms with E-state index in [1.807, 2.05) is 0 Å². The predicted octanol–water partition coefficient (Wildman–Crippen LogP) is 2.68. The average molecular weight is 438 g/mol. The molecule has 3 aromatic rings. The van der Waals surface area contributed by atoms with Gasteiger partial charge in [0, 0.05) is 30.6 Å². The van der Waals surface area contributed by atoms with E-state index in [-0.39, 0.29) is 16.9 Å². The van der Waals surface area contributed by atoms with Crippen LogP contribution in [0.4, 0.5) is 10.1 Å². The number of primary amides is 1. The molecule has 4 rings (SSSR count). The molecule has 32 heavy (non-hydrogen) atoms. The zero-order valence-electron chi connectivity index (χ0n) is 17.5. The van der Waals surface area contributed by atoms with Crippen LogP contribution in [0.15, 0.2) is 36.7 Å². The van der Waals surface area contributed by atoms with Crippen LogP contribution >= 0.6 is 0 Å². The molecule has 2 amide bonds. The molecule has 0 bridgehead atoms. The van der Waals surface area contributed by atoms with Crippen molar-refractivity contribution in [2.45, 2.75) is 25.7 Å². The lowest BCUT2D eigenvalue weighted by Crippen LogP contribution is -2.36. The Hall–Kier alpha value is -3.82. The third kappa shape index (κ3) is 4.03. The Bertz CT molecular complexity index is 1170. The van der Waals surface area contributed by atoms with Gasteiger partial charge < -0.3 is 11.1 Å². The molecule has 1 unspecified atom stereocenters. The molecular weight excluding hydrogens is 415 g/mol. The molecule has 1 aliphatic carbocycles. The lowest BCUT2D eigenvalue weighted by Gasteiger charge is -2.29. The van der Waals surface area contributed by atoms with Crippen LogP contribution in [0.25, 0.3) is 11.3 Å². The number of rotatable bonds is 6. The van der Waals surface area contributed by atoms with Crippen LogP contribution in [-0.4, -0.2) is 37.6 Å². The molecule has 4 N–H and O–H groups in total. The number of anilines is 1. The number of hydrogen-bond donors (Lipinski definition) is 3. The van der Waals surface area contributed by atoms with Gasteiger partial charge in [-0.2, -0.15) is 10.2 Å². The summed E-state index contributed by atoms with van der Waals surface area (Å²) in [6.07, 6.45) is 5.41. The summed E-state index contributed by atoms with van der Waals surface area (Å²) in [4.78, 5) is 37.9. The maximum Gasteiger partial charge on any atom is 0.269 e. The topological polar surface area (TPSA) is 136 Å². The lowest BCUT2D eigenvalue weighted by atomic mass is 9.74. The smallest absolute Gasteiger partial charge is 0.269 e. The minimum absolute atomic E-state index is 0.0443. The molecule has 1 aromatic carbocycles. The highest BCUT2D eigenvalue weighted by Crippen LogP contribution is 2.35. The van der Waals surface area contributed by atoms with Gasteiger partial charge in [-0.3, -0.25) is 24.2 Å². The van der Waals surface area contributed by atoms with Crippen molar-refractivity contribution < 1.29 is 18.8 Å². The molecule has 1 aliphatic rings. The molecule has 10 heteroatoms. The number of aromatic amines is 1. The first kappa shape index (κ1) is 21.4. The third-order valence-corrected chi connectivity index (χ3v) is 5.92.